The lowest BCUT2D eigenvalue weighted by Gasteiger charge is -2.14. The Morgan fingerprint density at radius 3 is 2.32 bits per heavy atom. The number of pyridine rings is 1. The maximum absolute atomic E-state index is 12.8. The predicted octanol–water partition coefficient (Wildman–Crippen LogP) is 4.27. The second kappa shape index (κ2) is 8.96. The minimum atomic E-state index is -3.58. The molecule has 0 saturated carbocycles. The van der Waals surface area contributed by atoms with Crippen LogP contribution in [0, 0.1) is 27.7 Å². The Kier molecular flexibility index (Phi) is 5.91. The number of benzene rings is 1. The molecule has 12 heteroatoms. The summed E-state index contributed by atoms with van der Waals surface area (Å²) >= 11 is 0. The van der Waals surface area contributed by atoms with Crippen LogP contribution in [0.15, 0.2) is 41.4 Å². The molecule has 4 aromatic heterocycles. The maximum Gasteiger partial charge on any atom is 0.177 e. The van der Waals surface area contributed by atoms with Gasteiger partial charge >= 0.3 is 0 Å². The molecular formula is C25H27N9O2S. The van der Waals surface area contributed by atoms with E-state index < -0.39 is 9.84 Å². The fraction of sp³-hybridized carbons (Fsp3) is 0.240. The summed E-state index contributed by atoms with van der Waals surface area (Å²) in [5.41, 5.74) is 5.38. The number of nitrogens with zero attached hydrogens (tertiary/aromatic N) is 6. The number of rotatable bonds is 6. The first kappa shape index (κ1) is 24.4. The van der Waals surface area contributed by atoms with Crippen LogP contribution >= 0.6 is 0 Å². The van der Waals surface area contributed by atoms with E-state index in [1.54, 1.807) is 22.9 Å². The molecule has 0 saturated heterocycles. The fourth-order valence-electron chi connectivity index (χ4n) is 4.29. The predicted molar refractivity (Wildman–Crippen MR) is 143 cm³/mol. The molecule has 0 atom stereocenters. The quantitative estimate of drug-likeness (QED) is 0.301. The van der Waals surface area contributed by atoms with Gasteiger partial charge in [-0.15, -0.1) is 0 Å². The molecule has 11 nitrogen and oxygen atoms in total. The molecule has 1 aromatic carbocycles. The first-order valence-electron chi connectivity index (χ1n) is 11.5. The van der Waals surface area contributed by atoms with Gasteiger partial charge in [-0.2, -0.15) is 5.10 Å². The van der Waals surface area contributed by atoms with E-state index in [0.717, 1.165) is 22.5 Å². The summed E-state index contributed by atoms with van der Waals surface area (Å²) in [5, 5.41) is 11.0. The van der Waals surface area contributed by atoms with Gasteiger partial charge in [-0.25, -0.2) is 28.4 Å². The van der Waals surface area contributed by atoms with Gasteiger partial charge in [0.05, 0.1) is 22.0 Å². The van der Waals surface area contributed by atoms with Crippen LogP contribution in [0.3, 0.4) is 0 Å². The van der Waals surface area contributed by atoms with Crippen molar-refractivity contribution in [1.82, 2.24) is 34.7 Å². The lowest BCUT2D eigenvalue weighted by Crippen LogP contribution is -2.05. The number of H-pyrrole nitrogens is 1. The topological polar surface area (TPSA) is 143 Å². The number of hydrogen-bond donors (Lipinski definition) is 3. The molecule has 0 aliphatic heterocycles. The molecule has 0 spiro atoms. The van der Waals surface area contributed by atoms with Gasteiger partial charge in [0.15, 0.2) is 15.5 Å². The normalized spacial score (nSPS) is 11.7. The number of fused-ring (bicyclic) bond motifs is 1. The van der Waals surface area contributed by atoms with Crippen molar-refractivity contribution in [2.75, 3.05) is 16.9 Å². The van der Waals surface area contributed by atoms with E-state index in [-0.39, 0.29) is 4.90 Å². The number of anilines is 4. The van der Waals surface area contributed by atoms with Crippen molar-refractivity contribution < 1.29 is 8.42 Å². The average Bonchev–Trinajstić information content (AvgIpc) is 3.33. The SMILES string of the molecule is Cc1cc(Nc2cc(Nc3ccc(-c4nn(C)cc4C)cc3S(C)(=O)=O)c3nc(C)[nH]c3n2)nc(C)n1. The monoisotopic (exact) mass is 517 g/mol. The van der Waals surface area contributed by atoms with Crippen LogP contribution in [0.2, 0.25) is 0 Å². The molecule has 0 radical (unpaired) electrons. The average molecular weight is 518 g/mol. The Morgan fingerprint density at radius 1 is 0.892 bits per heavy atom. The molecule has 0 aliphatic carbocycles. The smallest absolute Gasteiger partial charge is 0.177 e. The molecule has 4 heterocycles. The molecule has 0 aliphatic rings. The summed E-state index contributed by atoms with van der Waals surface area (Å²) in [6, 6.07) is 8.84. The second-order valence-corrected chi connectivity index (χ2v) is 11.1. The van der Waals surface area contributed by atoms with Gasteiger partial charge in [-0.05, 0) is 45.4 Å². The van der Waals surface area contributed by atoms with Crippen LogP contribution in [0.5, 0.6) is 0 Å². The lowest BCUT2D eigenvalue weighted by molar-refractivity contribution is 0.602. The highest BCUT2D eigenvalue weighted by Crippen LogP contribution is 2.34. The highest BCUT2D eigenvalue weighted by Gasteiger charge is 2.19. The van der Waals surface area contributed by atoms with Crippen LogP contribution in [0.1, 0.15) is 22.9 Å². The summed E-state index contributed by atoms with van der Waals surface area (Å²) < 4.78 is 27.4. The second-order valence-electron chi connectivity index (χ2n) is 9.08. The van der Waals surface area contributed by atoms with Gasteiger partial charge in [-0.3, -0.25) is 4.68 Å². The minimum absolute atomic E-state index is 0.156. The zero-order valence-corrected chi connectivity index (χ0v) is 22.2. The highest BCUT2D eigenvalue weighted by molar-refractivity contribution is 7.90. The Morgan fingerprint density at radius 2 is 1.65 bits per heavy atom. The summed E-state index contributed by atoms with van der Waals surface area (Å²) in [4.78, 5) is 21.2. The van der Waals surface area contributed by atoms with Gasteiger partial charge in [0.1, 0.15) is 28.8 Å². The van der Waals surface area contributed by atoms with Crippen molar-refractivity contribution in [3.8, 4) is 11.3 Å². The van der Waals surface area contributed by atoms with Crippen molar-refractivity contribution in [3.05, 3.63) is 59.4 Å². The van der Waals surface area contributed by atoms with Crippen LogP contribution in [-0.4, -0.2) is 49.4 Å². The molecule has 5 rings (SSSR count). The third kappa shape index (κ3) is 5.00. The number of nitrogens with one attached hydrogen (secondary N) is 3. The zero-order chi connectivity index (χ0) is 26.5. The van der Waals surface area contributed by atoms with E-state index in [0.29, 0.717) is 45.8 Å². The molecule has 190 valence electrons. The maximum atomic E-state index is 12.8. The summed E-state index contributed by atoms with van der Waals surface area (Å²) in [5.74, 6) is 2.44. The molecule has 3 N–H and O–H groups in total. The van der Waals surface area contributed by atoms with E-state index in [9.17, 15) is 8.42 Å². The third-order valence-corrected chi connectivity index (χ3v) is 6.87. The number of hydrogen-bond acceptors (Lipinski definition) is 9. The Labute approximate surface area is 214 Å². The van der Waals surface area contributed by atoms with Gasteiger partial charge < -0.3 is 15.6 Å². The van der Waals surface area contributed by atoms with Gasteiger partial charge in [0.25, 0.3) is 0 Å². The van der Waals surface area contributed by atoms with E-state index in [1.165, 1.54) is 6.26 Å². The molecule has 37 heavy (non-hydrogen) atoms. The number of imidazole rings is 1. The van der Waals surface area contributed by atoms with E-state index in [4.69, 9.17) is 0 Å². The fourth-order valence-corrected chi connectivity index (χ4v) is 5.15. The zero-order valence-electron chi connectivity index (χ0n) is 21.4. The summed E-state index contributed by atoms with van der Waals surface area (Å²) in [7, 11) is -1.75. The summed E-state index contributed by atoms with van der Waals surface area (Å²) in [6.45, 7) is 7.49. The Hall–Kier alpha value is -4.32. The highest BCUT2D eigenvalue weighted by atomic mass is 32.2. The first-order chi connectivity index (χ1) is 17.5. The lowest BCUT2D eigenvalue weighted by atomic mass is 10.1. The van der Waals surface area contributed by atoms with Gasteiger partial charge in [0.2, 0.25) is 0 Å². The standard InChI is InChI=1S/C25H27N9O2S/c1-13-12-34(5)33-23(13)17-7-8-18(20(10-17)37(6,35)36)30-19-11-22(32-25-24(19)28-16(4)29-25)31-21-9-14(2)26-15(3)27-21/h7-12H,1-6H3,(H3,26,27,28,29,30,31,32). The Bertz CT molecular complexity index is 1750. The molecule has 0 amide bonds. The van der Waals surface area contributed by atoms with Gasteiger partial charge in [0, 0.05) is 42.9 Å². The van der Waals surface area contributed by atoms with E-state index >= 15 is 0 Å². The van der Waals surface area contributed by atoms with Crippen molar-refractivity contribution in [1.29, 1.82) is 0 Å². The molecule has 0 unspecified atom stereocenters. The van der Waals surface area contributed by atoms with Crippen LogP contribution < -0.4 is 10.6 Å². The summed E-state index contributed by atoms with van der Waals surface area (Å²) in [6.07, 6.45) is 3.08. The van der Waals surface area contributed by atoms with Crippen LogP contribution in [-0.2, 0) is 16.9 Å². The Balaban J connectivity index is 1.60. The van der Waals surface area contributed by atoms with E-state index in [1.807, 2.05) is 53.1 Å². The number of aromatic nitrogens is 7. The van der Waals surface area contributed by atoms with Crippen molar-refractivity contribution in [2.45, 2.75) is 32.6 Å². The van der Waals surface area contributed by atoms with Crippen molar-refractivity contribution in [2.24, 2.45) is 7.05 Å². The molecule has 0 bridgehead atoms. The van der Waals surface area contributed by atoms with Crippen LogP contribution in [0.25, 0.3) is 22.4 Å². The molecule has 0 fully saturated rings. The van der Waals surface area contributed by atoms with Crippen LogP contribution in [0.4, 0.5) is 23.0 Å². The minimum Gasteiger partial charge on any atom is -0.352 e. The number of sulfone groups is 1. The van der Waals surface area contributed by atoms with Gasteiger partial charge in [-0.1, -0.05) is 6.07 Å². The largest absolute Gasteiger partial charge is 0.352 e. The number of aryl methyl sites for hydroxylation is 5. The third-order valence-electron chi connectivity index (χ3n) is 5.73. The first-order valence-corrected chi connectivity index (χ1v) is 13.4. The van der Waals surface area contributed by atoms with Crippen molar-refractivity contribution in [3.63, 3.8) is 0 Å². The van der Waals surface area contributed by atoms with Crippen molar-refractivity contribution >= 4 is 44.0 Å². The molecular weight excluding hydrogens is 490 g/mol. The van der Waals surface area contributed by atoms with E-state index in [2.05, 4.69) is 40.7 Å². The molecule has 5 aromatic rings. The number of aromatic amines is 1.